The molecule has 3 rings (SSSR count). The first-order chi connectivity index (χ1) is 12.9. The van der Waals surface area contributed by atoms with Crippen LogP contribution < -0.4 is 16.2 Å². The van der Waals surface area contributed by atoms with Crippen LogP contribution >= 0.6 is 0 Å². The number of hydrogen-bond acceptors (Lipinski definition) is 3. The second kappa shape index (κ2) is 8.03. The monoisotopic (exact) mass is 365 g/mol. The number of nitrogens with one attached hydrogen (secondary N) is 3. The van der Waals surface area contributed by atoms with Gasteiger partial charge in [-0.1, -0.05) is 35.9 Å². The molecule has 0 saturated carbocycles. The maximum atomic E-state index is 12.2. The normalized spacial score (nSPS) is 15.5. The Kier molecular flexibility index (Phi) is 5.54. The summed E-state index contributed by atoms with van der Waals surface area (Å²) in [5.41, 5.74) is 9.21. The molecule has 6 nitrogen and oxygen atoms in total. The van der Waals surface area contributed by atoms with E-state index in [-0.39, 0.29) is 30.1 Å². The number of amides is 3. The molecule has 6 heteroatoms. The molecule has 1 unspecified atom stereocenters. The van der Waals surface area contributed by atoms with Gasteiger partial charge in [0.15, 0.2) is 0 Å². The molecule has 0 bridgehead atoms. The van der Waals surface area contributed by atoms with Gasteiger partial charge < -0.3 is 5.32 Å². The molecule has 0 radical (unpaired) electrons. The summed E-state index contributed by atoms with van der Waals surface area (Å²) < 4.78 is 0. The lowest BCUT2D eigenvalue weighted by molar-refractivity contribution is -0.123. The molecule has 0 aliphatic carbocycles. The fraction of sp³-hybridized carbons (Fsp3) is 0.286. The summed E-state index contributed by atoms with van der Waals surface area (Å²) in [6.45, 7) is 3.81. The maximum Gasteiger partial charge on any atom is 0.269 e. The number of fused-ring (bicyclic) bond motifs is 1. The molecule has 2 aromatic carbocycles. The first-order valence-electron chi connectivity index (χ1n) is 8.99. The number of hydrazine groups is 1. The predicted octanol–water partition coefficient (Wildman–Crippen LogP) is 2.66. The molecule has 1 aliphatic rings. The molecule has 140 valence electrons. The van der Waals surface area contributed by atoms with E-state index in [1.807, 2.05) is 50.2 Å². The van der Waals surface area contributed by atoms with Crippen molar-refractivity contribution in [2.45, 2.75) is 33.1 Å². The van der Waals surface area contributed by atoms with Crippen molar-refractivity contribution in [2.24, 2.45) is 5.92 Å². The van der Waals surface area contributed by atoms with Gasteiger partial charge in [0.1, 0.15) is 0 Å². The van der Waals surface area contributed by atoms with Gasteiger partial charge in [-0.2, -0.15) is 0 Å². The van der Waals surface area contributed by atoms with E-state index in [0.717, 1.165) is 22.4 Å². The van der Waals surface area contributed by atoms with Gasteiger partial charge in [-0.05, 0) is 49.9 Å². The largest absolute Gasteiger partial charge is 0.326 e. The number of anilines is 1. The molecule has 0 aromatic heterocycles. The van der Waals surface area contributed by atoms with Crippen molar-refractivity contribution in [2.75, 3.05) is 5.32 Å². The standard InChI is InChI=1S/C21H23N3O3/c1-13-7-9-17(14(2)11-13)21(27)24-23-19(25)10-8-16-12-15-5-3-4-6-18(15)22-20(16)26/h3-7,9,11,16H,8,10,12H2,1-2H3,(H,22,26)(H,23,25)(H,24,27). The van der Waals surface area contributed by atoms with Crippen LogP contribution in [-0.4, -0.2) is 17.7 Å². The number of carbonyl (C=O) groups excluding carboxylic acids is 3. The van der Waals surface area contributed by atoms with Crippen LogP contribution in [0.1, 0.15) is 39.9 Å². The third-order valence-electron chi connectivity index (χ3n) is 4.77. The maximum absolute atomic E-state index is 12.2. The van der Waals surface area contributed by atoms with E-state index in [0.29, 0.717) is 18.4 Å². The van der Waals surface area contributed by atoms with Crippen molar-refractivity contribution in [1.29, 1.82) is 0 Å². The van der Waals surface area contributed by atoms with Crippen LogP contribution in [0.25, 0.3) is 0 Å². The third-order valence-corrected chi connectivity index (χ3v) is 4.77. The number of hydrogen-bond donors (Lipinski definition) is 3. The summed E-state index contributed by atoms with van der Waals surface area (Å²) in [4.78, 5) is 36.4. The second-order valence-corrected chi connectivity index (χ2v) is 6.91. The highest BCUT2D eigenvalue weighted by Crippen LogP contribution is 2.27. The van der Waals surface area contributed by atoms with Crippen molar-refractivity contribution in [3.8, 4) is 0 Å². The van der Waals surface area contributed by atoms with Crippen LogP contribution in [0.4, 0.5) is 5.69 Å². The van der Waals surface area contributed by atoms with E-state index in [9.17, 15) is 14.4 Å². The van der Waals surface area contributed by atoms with Crippen LogP contribution in [0, 0.1) is 19.8 Å². The Morgan fingerprint density at radius 2 is 1.89 bits per heavy atom. The van der Waals surface area contributed by atoms with Gasteiger partial charge in [0.2, 0.25) is 11.8 Å². The highest BCUT2D eigenvalue weighted by Gasteiger charge is 2.26. The summed E-state index contributed by atoms with van der Waals surface area (Å²) in [6.07, 6.45) is 1.20. The zero-order valence-electron chi connectivity index (χ0n) is 15.5. The van der Waals surface area contributed by atoms with E-state index in [1.54, 1.807) is 6.07 Å². The molecular formula is C21H23N3O3. The minimum atomic E-state index is -0.356. The molecule has 1 atom stereocenters. The van der Waals surface area contributed by atoms with Gasteiger partial charge in [0.25, 0.3) is 5.91 Å². The molecular weight excluding hydrogens is 342 g/mol. The number of carbonyl (C=O) groups is 3. The minimum Gasteiger partial charge on any atom is -0.326 e. The van der Waals surface area contributed by atoms with Crippen LogP contribution in [0.3, 0.4) is 0 Å². The van der Waals surface area contributed by atoms with Crippen molar-refractivity contribution >= 4 is 23.4 Å². The van der Waals surface area contributed by atoms with E-state index in [4.69, 9.17) is 0 Å². The molecule has 1 heterocycles. The molecule has 3 amide bonds. The molecule has 27 heavy (non-hydrogen) atoms. The van der Waals surface area contributed by atoms with Crippen molar-refractivity contribution in [3.63, 3.8) is 0 Å². The lowest BCUT2D eigenvalue weighted by Crippen LogP contribution is -2.42. The molecule has 1 aliphatic heterocycles. The third kappa shape index (κ3) is 4.53. The van der Waals surface area contributed by atoms with Gasteiger partial charge >= 0.3 is 0 Å². The Bertz CT molecular complexity index is 892. The Hall–Kier alpha value is -3.15. The topological polar surface area (TPSA) is 87.3 Å². The summed E-state index contributed by atoms with van der Waals surface area (Å²) >= 11 is 0. The smallest absolute Gasteiger partial charge is 0.269 e. The van der Waals surface area contributed by atoms with Crippen LogP contribution in [0.2, 0.25) is 0 Å². The summed E-state index contributed by atoms with van der Waals surface area (Å²) in [5.74, 6) is -0.994. The summed E-state index contributed by atoms with van der Waals surface area (Å²) in [7, 11) is 0. The fourth-order valence-corrected chi connectivity index (χ4v) is 3.28. The van der Waals surface area contributed by atoms with E-state index in [1.165, 1.54) is 0 Å². The Balaban J connectivity index is 1.49. The van der Waals surface area contributed by atoms with Crippen molar-refractivity contribution in [1.82, 2.24) is 10.9 Å². The first-order valence-corrected chi connectivity index (χ1v) is 8.99. The van der Waals surface area contributed by atoms with E-state index < -0.39 is 0 Å². The molecule has 0 spiro atoms. The molecule has 0 saturated heterocycles. The Morgan fingerprint density at radius 1 is 1.11 bits per heavy atom. The van der Waals surface area contributed by atoms with Crippen molar-refractivity contribution in [3.05, 3.63) is 64.7 Å². The number of aryl methyl sites for hydroxylation is 2. The van der Waals surface area contributed by atoms with E-state index >= 15 is 0 Å². The van der Waals surface area contributed by atoms with Crippen LogP contribution in [0.15, 0.2) is 42.5 Å². The molecule has 2 aromatic rings. The summed E-state index contributed by atoms with van der Waals surface area (Å²) in [6, 6.07) is 13.2. The van der Waals surface area contributed by atoms with Gasteiger partial charge in [0.05, 0.1) is 0 Å². The average molecular weight is 365 g/mol. The van der Waals surface area contributed by atoms with Gasteiger partial charge in [0, 0.05) is 23.6 Å². The van der Waals surface area contributed by atoms with Gasteiger partial charge in [-0.25, -0.2) is 0 Å². The highest BCUT2D eigenvalue weighted by molar-refractivity contribution is 5.97. The zero-order valence-corrected chi connectivity index (χ0v) is 15.5. The number of benzene rings is 2. The Labute approximate surface area is 158 Å². The van der Waals surface area contributed by atoms with Gasteiger partial charge in [-0.3, -0.25) is 25.2 Å². The first kappa shape index (κ1) is 18.6. The lowest BCUT2D eigenvalue weighted by atomic mass is 9.89. The van der Waals surface area contributed by atoms with E-state index in [2.05, 4.69) is 16.2 Å². The quantitative estimate of drug-likeness (QED) is 0.728. The predicted molar refractivity (Wildman–Crippen MR) is 103 cm³/mol. The van der Waals surface area contributed by atoms with Crippen molar-refractivity contribution < 1.29 is 14.4 Å². The second-order valence-electron chi connectivity index (χ2n) is 6.91. The minimum absolute atomic E-state index is 0.0687. The molecule has 3 N–H and O–H groups in total. The fourth-order valence-electron chi connectivity index (χ4n) is 3.28. The SMILES string of the molecule is Cc1ccc(C(=O)NNC(=O)CCC2Cc3ccccc3NC2=O)c(C)c1. The highest BCUT2D eigenvalue weighted by atomic mass is 16.2. The molecule has 0 fully saturated rings. The van der Waals surface area contributed by atoms with Gasteiger partial charge in [-0.15, -0.1) is 0 Å². The van der Waals surface area contributed by atoms with Crippen LogP contribution in [-0.2, 0) is 16.0 Å². The average Bonchev–Trinajstić information content (AvgIpc) is 2.64. The van der Waals surface area contributed by atoms with Crippen LogP contribution in [0.5, 0.6) is 0 Å². The lowest BCUT2D eigenvalue weighted by Gasteiger charge is -2.24. The summed E-state index contributed by atoms with van der Waals surface area (Å²) in [5, 5.41) is 2.88. The number of rotatable bonds is 4. The number of para-hydroxylation sites is 1. The zero-order chi connectivity index (χ0) is 19.4. The Morgan fingerprint density at radius 3 is 2.67 bits per heavy atom.